The lowest BCUT2D eigenvalue weighted by Gasteiger charge is -2.27. The maximum absolute atomic E-state index is 12.5. The van der Waals surface area contributed by atoms with Gasteiger partial charge >= 0.3 is 0 Å². The second-order valence-electron chi connectivity index (χ2n) is 6.62. The second kappa shape index (κ2) is 8.40. The summed E-state index contributed by atoms with van der Waals surface area (Å²) in [7, 11) is 5.82. The van der Waals surface area contributed by atoms with E-state index in [9.17, 15) is 4.79 Å². The fourth-order valence-electron chi connectivity index (χ4n) is 3.26. The van der Waals surface area contributed by atoms with E-state index in [1.165, 1.54) is 16.1 Å². The number of aliphatic imine (C=N–C) groups is 1. The highest BCUT2D eigenvalue weighted by Crippen LogP contribution is 2.24. The van der Waals surface area contributed by atoms with Crippen molar-refractivity contribution in [2.75, 3.05) is 27.2 Å². The van der Waals surface area contributed by atoms with E-state index in [1.54, 1.807) is 18.4 Å². The molecule has 0 atom stereocenters. The summed E-state index contributed by atoms with van der Waals surface area (Å²) in [5, 5.41) is 5.42. The molecule has 1 aliphatic rings. The highest BCUT2D eigenvalue weighted by Gasteiger charge is 2.21. The SMILES string of the molecule is CN=C(NCCC(=O)N1CCc2sccc2C1)N(C)Cc1cccn1C. The number of carbonyl (C=O) groups is 1. The van der Waals surface area contributed by atoms with Crippen LogP contribution in [0.5, 0.6) is 0 Å². The molecule has 0 bridgehead atoms. The molecule has 3 rings (SSSR count). The largest absolute Gasteiger partial charge is 0.356 e. The van der Waals surface area contributed by atoms with Crippen LogP contribution in [0.25, 0.3) is 0 Å². The topological polar surface area (TPSA) is 52.9 Å². The molecule has 0 unspecified atom stereocenters. The van der Waals surface area contributed by atoms with E-state index in [-0.39, 0.29) is 5.91 Å². The molecule has 0 fully saturated rings. The Morgan fingerprint density at radius 3 is 3.00 bits per heavy atom. The Labute approximate surface area is 159 Å². The fraction of sp³-hybridized carbons (Fsp3) is 0.474. The summed E-state index contributed by atoms with van der Waals surface area (Å²) in [4.78, 5) is 22.3. The third-order valence-electron chi connectivity index (χ3n) is 4.81. The molecule has 6 nitrogen and oxygen atoms in total. The van der Waals surface area contributed by atoms with Crippen molar-refractivity contribution in [1.29, 1.82) is 0 Å². The highest BCUT2D eigenvalue weighted by molar-refractivity contribution is 7.10. The summed E-state index contributed by atoms with van der Waals surface area (Å²) in [5.41, 5.74) is 2.52. The molecule has 0 aromatic carbocycles. The molecule has 1 aliphatic heterocycles. The van der Waals surface area contributed by atoms with Crippen LogP contribution < -0.4 is 5.32 Å². The van der Waals surface area contributed by atoms with Crippen LogP contribution in [0.4, 0.5) is 0 Å². The molecule has 0 spiro atoms. The van der Waals surface area contributed by atoms with E-state index in [0.717, 1.165) is 32.0 Å². The van der Waals surface area contributed by atoms with Gasteiger partial charge in [-0.25, -0.2) is 0 Å². The average Bonchev–Trinajstić information content (AvgIpc) is 3.26. The summed E-state index contributed by atoms with van der Waals surface area (Å²) in [6.07, 6.45) is 3.50. The van der Waals surface area contributed by atoms with E-state index >= 15 is 0 Å². The van der Waals surface area contributed by atoms with Gasteiger partial charge in [0.2, 0.25) is 5.91 Å². The third-order valence-corrected chi connectivity index (χ3v) is 5.83. The minimum atomic E-state index is 0.204. The molecule has 7 heteroatoms. The standard InChI is InChI=1S/C19H27N5OS/c1-20-19(23(3)14-16-5-4-10-22(16)2)21-9-6-18(25)24-11-7-17-15(13-24)8-12-26-17/h4-5,8,10,12H,6-7,9,11,13-14H2,1-3H3,(H,20,21). The molecule has 1 N–H and O–H groups in total. The number of amides is 1. The Kier molecular flexibility index (Phi) is 5.98. The van der Waals surface area contributed by atoms with Gasteiger partial charge in [0.1, 0.15) is 0 Å². The van der Waals surface area contributed by atoms with Gasteiger partial charge < -0.3 is 19.7 Å². The molecule has 0 saturated heterocycles. The number of nitrogens with zero attached hydrogens (tertiary/aromatic N) is 4. The molecule has 3 heterocycles. The summed E-state index contributed by atoms with van der Waals surface area (Å²) in [6.45, 7) is 2.94. The van der Waals surface area contributed by atoms with Crippen LogP contribution in [-0.4, -0.2) is 53.4 Å². The maximum atomic E-state index is 12.5. The Hall–Kier alpha value is -2.28. The lowest BCUT2D eigenvalue weighted by atomic mass is 10.1. The summed E-state index contributed by atoms with van der Waals surface area (Å²) in [6, 6.07) is 6.27. The smallest absolute Gasteiger partial charge is 0.224 e. The van der Waals surface area contributed by atoms with E-state index in [1.807, 2.05) is 31.3 Å². The number of rotatable bonds is 5. The second-order valence-corrected chi connectivity index (χ2v) is 7.63. The zero-order valence-electron chi connectivity index (χ0n) is 15.7. The van der Waals surface area contributed by atoms with Gasteiger partial charge in [0, 0.05) is 64.0 Å². The first-order valence-electron chi connectivity index (χ1n) is 8.93. The molecule has 0 aliphatic carbocycles. The van der Waals surface area contributed by atoms with Gasteiger partial charge in [-0.3, -0.25) is 9.79 Å². The lowest BCUT2D eigenvalue weighted by molar-refractivity contribution is -0.131. The minimum Gasteiger partial charge on any atom is -0.356 e. The van der Waals surface area contributed by atoms with Gasteiger partial charge in [-0.2, -0.15) is 0 Å². The highest BCUT2D eigenvalue weighted by atomic mass is 32.1. The van der Waals surface area contributed by atoms with Crippen molar-refractivity contribution in [3.8, 4) is 0 Å². The van der Waals surface area contributed by atoms with Gasteiger partial charge in [-0.15, -0.1) is 11.3 Å². The van der Waals surface area contributed by atoms with Gasteiger partial charge in [0.15, 0.2) is 5.96 Å². The quantitative estimate of drug-likeness (QED) is 0.645. The number of thiophene rings is 1. The first-order valence-corrected chi connectivity index (χ1v) is 9.81. The van der Waals surface area contributed by atoms with Crippen LogP contribution in [0.1, 0.15) is 22.6 Å². The van der Waals surface area contributed by atoms with Crippen molar-refractivity contribution in [3.05, 3.63) is 45.9 Å². The molecule has 2 aromatic rings. The van der Waals surface area contributed by atoms with Gasteiger partial charge in [-0.1, -0.05) is 0 Å². The van der Waals surface area contributed by atoms with E-state index in [2.05, 4.69) is 37.3 Å². The fourth-order valence-corrected chi connectivity index (χ4v) is 4.15. The van der Waals surface area contributed by atoms with Crippen LogP contribution in [0.2, 0.25) is 0 Å². The van der Waals surface area contributed by atoms with Crippen LogP contribution in [0, 0.1) is 0 Å². The molecule has 2 aromatic heterocycles. The van der Waals surface area contributed by atoms with Crippen molar-refractivity contribution in [1.82, 2.24) is 19.7 Å². The molecule has 140 valence electrons. The Balaban J connectivity index is 1.45. The van der Waals surface area contributed by atoms with E-state index < -0.39 is 0 Å². The van der Waals surface area contributed by atoms with Gasteiger partial charge in [0.05, 0.1) is 6.54 Å². The summed E-state index contributed by atoms with van der Waals surface area (Å²) >= 11 is 1.80. The number of aromatic nitrogens is 1. The van der Waals surface area contributed by atoms with Crippen LogP contribution in [0.15, 0.2) is 34.8 Å². The van der Waals surface area contributed by atoms with Crippen LogP contribution in [-0.2, 0) is 31.4 Å². The zero-order valence-corrected chi connectivity index (χ0v) is 16.6. The average molecular weight is 374 g/mol. The van der Waals surface area contributed by atoms with Gasteiger partial charge in [-0.05, 0) is 35.6 Å². The Morgan fingerprint density at radius 2 is 2.27 bits per heavy atom. The minimum absolute atomic E-state index is 0.204. The monoisotopic (exact) mass is 373 g/mol. The van der Waals surface area contributed by atoms with E-state index in [0.29, 0.717) is 13.0 Å². The number of hydrogen-bond donors (Lipinski definition) is 1. The Bertz CT molecular complexity index is 778. The molecule has 0 saturated carbocycles. The summed E-state index contributed by atoms with van der Waals surface area (Å²) < 4.78 is 2.10. The van der Waals surface area contributed by atoms with Crippen molar-refractivity contribution in [3.63, 3.8) is 0 Å². The third kappa shape index (κ3) is 4.27. The predicted molar refractivity (Wildman–Crippen MR) is 106 cm³/mol. The lowest BCUT2D eigenvalue weighted by Crippen LogP contribution is -2.41. The van der Waals surface area contributed by atoms with Crippen molar-refractivity contribution in [2.24, 2.45) is 12.0 Å². The number of hydrogen-bond acceptors (Lipinski definition) is 3. The number of nitrogens with one attached hydrogen (secondary N) is 1. The van der Waals surface area contributed by atoms with Gasteiger partial charge in [0.25, 0.3) is 0 Å². The maximum Gasteiger partial charge on any atom is 0.224 e. The summed E-state index contributed by atoms with van der Waals surface area (Å²) in [5.74, 6) is 1.01. The number of aryl methyl sites for hydroxylation is 1. The molecule has 1 amide bonds. The normalized spacial score (nSPS) is 14.3. The number of fused-ring (bicyclic) bond motifs is 1. The Morgan fingerprint density at radius 1 is 1.42 bits per heavy atom. The van der Waals surface area contributed by atoms with Crippen molar-refractivity contribution < 1.29 is 4.79 Å². The first-order chi connectivity index (χ1) is 12.6. The van der Waals surface area contributed by atoms with Crippen LogP contribution in [0.3, 0.4) is 0 Å². The predicted octanol–water partition coefficient (Wildman–Crippen LogP) is 2.07. The number of guanidine groups is 1. The molecular formula is C19H27N5OS. The van der Waals surface area contributed by atoms with Crippen molar-refractivity contribution >= 4 is 23.2 Å². The van der Waals surface area contributed by atoms with Crippen molar-refractivity contribution in [2.45, 2.75) is 25.9 Å². The molecule has 0 radical (unpaired) electrons. The van der Waals surface area contributed by atoms with Crippen LogP contribution >= 0.6 is 11.3 Å². The molecule has 26 heavy (non-hydrogen) atoms. The van der Waals surface area contributed by atoms with E-state index in [4.69, 9.17) is 0 Å². The molecular weight excluding hydrogens is 346 g/mol. The first kappa shape index (κ1) is 18.5. The number of carbonyl (C=O) groups excluding carboxylic acids is 1. The zero-order chi connectivity index (χ0) is 18.5.